The maximum absolute atomic E-state index is 11.6. The summed E-state index contributed by atoms with van der Waals surface area (Å²) in [6.45, 7) is 4.46. The number of carbonyl (C=O) groups is 3. The van der Waals surface area contributed by atoms with E-state index < -0.39 is 5.91 Å². The van der Waals surface area contributed by atoms with Crippen molar-refractivity contribution in [3.05, 3.63) is 46.7 Å². The predicted octanol–water partition coefficient (Wildman–Crippen LogP) is 2.17. The molecule has 2 N–H and O–H groups in total. The van der Waals surface area contributed by atoms with Crippen LogP contribution in [0, 0.1) is 0 Å². The topological polar surface area (TPSA) is 83.5 Å². The standard InChI is InChI=1S/C15H17NO4/c1-4-14(19)15(20)16-8-12-6-5-11(9(2)17)7-13(12)10(3)18/h4-7,19H,8H2,1-3H3,(H,16,20). The highest BCUT2D eigenvalue weighted by atomic mass is 16.3. The van der Waals surface area contributed by atoms with Crippen molar-refractivity contribution in [2.45, 2.75) is 27.3 Å². The van der Waals surface area contributed by atoms with Crippen molar-refractivity contribution >= 4 is 17.5 Å². The van der Waals surface area contributed by atoms with Crippen LogP contribution < -0.4 is 5.32 Å². The average molecular weight is 275 g/mol. The van der Waals surface area contributed by atoms with Crippen molar-refractivity contribution in [1.29, 1.82) is 0 Å². The molecule has 1 amide bonds. The van der Waals surface area contributed by atoms with Gasteiger partial charge >= 0.3 is 0 Å². The number of amides is 1. The molecule has 0 atom stereocenters. The van der Waals surface area contributed by atoms with Crippen molar-refractivity contribution in [3.63, 3.8) is 0 Å². The molecule has 0 bridgehead atoms. The Kier molecular flexibility index (Phi) is 5.20. The molecule has 5 nitrogen and oxygen atoms in total. The van der Waals surface area contributed by atoms with E-state index in [0.29, 0.717) is 16.7 Å². The summed E-state index contributed by atoms with van der Waals surface area (Å²) in [5.41, 5.74) is 1.43. The molecule has 0 aliphatic rings. The zero-order chi connectivity index (χ0) is 15.3. The molecule has 0 aromatic heterocycles. The fourth-order valence-electron chi connectivity index (χ4n) is 1.67. The number of nitrogens with one attached hydrogen (secondary N) is 1. The SMILES string of the molecule is CC=C(O)C(=O)NCc1ccc(C(C)=O)cc1C(C)=O. The van der Waals surface area contributed by atoms with Crippen molar-refractivity contribution in [1.82, 2.24) is 5.32 Å². The molecular formula is C15H17NO4. The van der Waals surface area contributed by atoms with Gasteiger partial charge in [0.05, 0.1) is 0 Å². The first-order valence-electron chi connectivity index (χ1n) is 6.15. The molecule has 5 heteroatoms. The van der Waals surface area contributed by atoms with Gasteiger partial charge in [0.25, 0.3) is 5.91 Å². The summed E-state index contributed by atoms with van der Waals surface area (Å²) in [6.07, 6.45) is 1.28. The van der Waals surface area contributed by atoms with Crippen LogP contribution in [0.5, 0.6) is 0 Å². The highest BCUT2D eigenvalue weighted by Crippen LogP contribution is 2.14. The fourth-order valence-corrected chi connectivity index (χ4v) is 1.67. The van der Waals surface area contributed by atoms with Gasteiger partial charge in [0.1, 0.15) is 0 Å². The Morgan fingerprint density at radius 3 is 2.35 bits per heavy atom. The molecule has 0 fully saturated rings. The third kappa shape index (κ3) is 3.78. The summed E-state index contributed by atoms with van der Waals surface area (Å²) in [4.78, 5) is 34.3. The fraction of sp³-hybridized carbons (Fsp3) is 0.267. The van der Waals surface area contributed by atoms with Crippen LogP contribution in [-0.4, -0.2) is 22.6 Å². The third-order valence-corrected chi connectivity index (χ3v) is 2.84. The summed E-state index contributed by atoms with van der Waals surface area (Å²) < 4.78 is 0. The smallest absolute Gasteiger partial charge is 0.286 e. The van der Waals surface area contributed by atoms with E-state index in [2.05, 4.69) is 5.32 Å². The van der Waals surface area contributed by atoms with Crippen LogP contribution in [0.2, 0.25) is 0 Å². The number of ketones is 2. The van der Waals surface area contributed by atoms with Gasteiger partial charge in [-0.15, -0.1) is 0 Å². The third-order valence-electron chi connectivity index (χ3n) is 2.84. The maximum Gasteiger partial charge on any atom is 0.286 e. The number of aliphatic hydroxyl groups is 1. The second kappa shape index (κ2) is 6.65. The number of allylic oxidation sites excluding steroid dienone is 1. The van der Waals surface area contributed by atoms with Gasteiger partial charge in [-0.1, -0.05) is 12.1 Å². The lowest BCUT2D eigenvalue weighted by molar-refractivity contribution is -0.120. The molecule has 0 unspecified atom stereocenters. The molecule has 0 radical (unpaired) electrons. The monoisotopic (exact) mass is 275 g/mol. The first-order valence-corrected chi connectivity index (χ1v) is 6.15. The Morgan fingerprint density at radius 1 is 1.20 bits per heavy atom. The first-order chi connectivity index (χ1) is 9.36. The molecule has 1 aromatic rings. The molecule has 20 heavy (non-hydrogen) atoms. The molecular weight excluding hydrogens is 258 g/mol. The van der Waals surface area contributed by atoms with Crippen LogP contribution in [0.1, 0.15) is 47.1 Å². The van der Waals surface area contributed by atoms with Crippen LogP contribution in [-0.2, 0) is 11.3 Å². The lowest BCUT2D eigenvalue weighted by Gasteiger charge is -2.10. The Bertz CT molecular complexity index is 588. The van der Waals surface area contributed by atoms with E-state index >= 15 is 0 Å². The summed E-state index contributed by atoms with van der Waals surface area (Å²) in [5, 5.41) is 11.7. The molecule has 1 rings (SSSR count). The number of benzene rings is 1. The van der Waals surface area contributed by atoms with E-state index in [1.54, 1.807) is 12.1 Å². The number of rotatable bonds is 5. The van der Waals surface area contributed by atoms with Gasteiger partial charge in [-0.2, -0.15) is 0 Å². The van der Waals surface area contributed by atoms with Crippen LogP contribution in [0.25, 0.3) is 0 Å². The molecule has 0 heterocycles. The molecule has 0 aliphatic heterocycles. The summed E-state index contributed by atoms with van der Waals surface area (Å²) >= 11 is 0. The van der Waals surface area contributed by atoms with Crippen molar-refractivity contribution in [2.24, 2.45) is 0 Å². The van der Waals surface area contributed by atoms with Crippen molar-refractivity contribution < 1.29 is 19.5 Å². The van der Waals surface area contributed by atoms with Crippen molar-refractivity contribution in [3.8, 4) is 0 Å². The number of aliphatic hydroxyl groups excluding tert-OH is 1. The number of hydrogen-bond acceptors (Lipinski definition) is 4. The van der Waals surface area contributed by atoms with Gasteiger partial charge < -0.3 is 10.4 Å². The molecule has 0 saturated carbocycles. The van der Waals surface area contributed by atoms with E-state index in [1.807, 2.05) is 0 Å². The number of hydrogen-bond donors (Lipinski definition) is 2. The minimum absolute atomic E-state index is 0.101. The van der Waals surface area contributed by atoms with Gasteiger partial charge in [-0.25, -0.2) is 0 Å². The Hall–Kier alpha value is -2.43. The van der Waals surface area contributed by atoms with Gasteiger partial charge in [0.15, 0.2) is 17.3 Å². The van der Waals surface area contributed by atoms with E-state index in [-0.39, 0.29) is 23.9 Å². The van der Waals surface area contributed by atoms with Gasteiger partial charge in [0.2, 0.25) is 0 Å². The Morgan fingerprint density at radius 2 is 1.85 bits per heavy atom. The Balaban J connectivity index is 2.98. The highest BCUT2D eigenvalue weighted by Gasteiger charge is 2.12. The Labute approximate surface area is 117 Å². The summed E-state index contributed by atoms with van der Waals surface area (Å²) in [7, 11) is 0. The molecule has 0 saturated heterocycles. The van der Waals surface area contributed by atoms with E-state index in [9.17, 15) is 19.5 Å². The van der Waals surface area contributed by atoms with E-state index in [0.717, 1.165) is 0 Å². The lowest BCUT2D eigenvalue weighted by Crippen LogP contribution is -2.25. The molecule has 0 spiro atoms. The largest absolute Gasteiger partial charge is 0.503 e. The normalized spacial score (nSPS) is 11.1. The quantitative estimate of drug-likeness (QED) is 0.490. The average Bonchev–Trinajstić information content (AvgIpc) is 2.43. The zero-order valence-corrected chi connectivity index (χ0v) is 11.7. The van der Waals surface area contributed by atoms with Gasteiger partial charge in [0, 0.05) is 17.7 Å². The van der Waals surface area contributed by atoms with Crippen LogP contribution in [0.3, 0.4) is 0 Å². The summed E-state index contributed by atoms with van der Waals surface area (Å²) in [5.74, 6) is -1.31. The second-order valence-electron chi connectivity index (χ2n) is 4.34. The molecule has 106 valence electrons. The molecule has 1 aromatic carbocycles. The van der Waals surface area contributed by atoms with Crippen molar-refractivity contribution in [2.75, 3.05) is 0 Å². The van der Waals surface area contributed by atoms with Crippen LogP contribution in [0.15, 0.2) is 30.0 Å². The zero-order valence-electron chi connectivity index (χ0n) is 11.7. The van der Waals surface area contributed by atoms with Crippen LogP contribution >= 0.6 is 0 Å². The van der Waals surface area contributed by atoms with E-state index in [1.165, 1.54) is 32.9 Å². The first kappa shape index (κ1) is 15.6. The van der Waals surface area contributed by atoms with E-state index in [4.69, 9.17) is 0 Å². The number of Topliss-reactive ketones (excluding diaryl/α,β-unsaturated/α-hetero) is 2. The highest BCUT2D eigenvalue weighted by molar-refractivity contribution is 6.00. The summed E-state index contributed by atoms with van der Waals surface area (Å²) in [6, 6.07) is 4.74. The number of carbonyl (C=O) groups excluding carboxylic acids is 3. The van der Waals surface area contributed by atoms with Crippen LogP contribution in [0.4, 0.5) is 0 Å². The molecule has 0 aliphatic carbocycles. The van der Waals surface area contributed by atoms with Gasteiger partial charge in [-0.3, -0.25) is 14.4 Å². The minimum Gasteiger partial charge on any atom is -0.503 e. The second-order valence-corrected chi connectivity index (χ2v) is 4.34. The van der Waals surface area contributed by atoms with Gasteiger partial charge in [-0.05, 0) is 38.5 Å². The maximum atomic E-state index is 11.6. The minimum atomic E-state index is -0.613. The predicted molar refractivity (Wildman–Crippen MR) is 74.7 cm³/mol. The lowest BCUT2D eigenvalue weighted by atomic mass is 9.99.